The molecule has 1 aromatic heterocycles. The van der Waals surface area contributed by atoms with Gasteiger partial charge in [-0.15, -0.1) is 0 Å². The predicted molar refractivity (Wildman–Crippen MR) is 36.2 cm³/mol. The van der Waals surface area contributed by atoms with Crippen molar-refractivity contribution in [1.29, 1.82) is 0 Å². The van der Waals surface area contributed by atoms with Crippen molar-refractivity contribution in [3.63, 3.8) is 0 Å². The lowest BCUT2D eigenvalue weighted by molar-refractivity contribution is 0.533. The Bertz CT molecular complexity index is 140. The summed E-state index contributed by atoms with van der Waals surface area (Å²) in [7, 11) is 0. The first-order valence-electron chi connectivity index (χ1n) is 1.99. The topological polar surface area (TPSA) is 13.1 Å². The summed E-state index contributed by atoms with van der Waals surface area (Å²) in [6.45, 7) is 1.93. The molecule has 2 heteroatoms. The molecule has 1 nitrogen and oxygen atoms in total. The van der Waals surface area contributed by atoms with Gasteiger partial charge in [0.1, 0.15) is 12.0 Å². The SMILES string of the molecule is Cc1cc(I)co1. The van der Waals surface area contributed by atoms with E-state index in [1.165, 1.54) is 0 Å². The highest BCUT2D eigenvalue weighted by Crippen LogP contribution is 2.07. The largest absolute Gasteiger partial charge is 0.469 e. The lowest BCUT2D eigenvalue weighted by atomic mass is 10.5. The van der Waals surface area contributed by atoms with Crippen LogP contribution < -0.4 is 0 Å². The van der Waals surface area contributed by atoms with Crippen molar-refractivity contribution in [3.05, 3.63) is 21.7 Å². The van der Waals surface area contributed by atoms with E-state index in [0.717, 1.165) is 9.33 Å². The van der Waals surface area contributed by atoms with Crippen molar-refractivity contribution < 1.29 is 4.42 Å². The van der Waals surface area contributed by atoms with Gasteiger partial charge in [0.25, 0.3) is 0 Å². The first kappa shape index (κ1) is 5.15. The van der Waals surface area contributed by atoms with Gasteiger partial charge < -0.3 is 4.42 Å². The van der Waals surface area contributed by atoms with Crippen molar-refractivity contribution in [2.45, 2.75) is 6.92 Å². The average Bonchev–Trinajstić information content (AvgIpc) is 1.87. The Labute approximate surface area is 55.9 Å². The van der Waals surface area contributed by atoms with Crippen molar-refractivity contribution in [2.75, 3.05) is 0 Å². The molecule has 0 N–H and O–H groups in total. The summed E-state index contributed by atoms with van der Waals surface area (Å²) in [4.78, 5) is 0. The summed E-state index contributed by atoms with van der Waals surface area (Å²) < 4.78 is 6.12. The van der Waals surface area contributed by atoms with Crippen LogP contribution in [0.2, 0.25) is 0 Å². The van der Waals surface area contributed by atoms with Crippen molar-refractivity contribution in [1.82, 2.24) is 0 Å². The highest BCUT2D eigenvalue weighted by Gasteiger charge is 1.87. The fourth-order valence-electron chi connectivity index (χ4n) is 0.411. The molecule has 38 valence electrons. The number of halogens is 1. The van der Waals surface area contributed by atoms with Crippen LogP contribution in [0.25, 0.3) is 0 Å². The molecule has 0 saturated heterocycles. The quantitative estimate of drug-likeness (QED) is 0.595. The van der Waals surface area contributed by atoms with Gasteiger partial charge in [0.2, 0.25) is 0 Å². The van der Waals surface area contributed by atoms with E-state index in [-0.39, 0.29) is 0 Å². The Morgan fingerprint density at radius 1 is 1.71 bits per heavy atom. The Hall–Kier alpha value is 0.01000. The second-order valence-corrected chi connectivity index (χ2v) is 2.62. The number of hydrogen-bond acceptors (Lipinski definition) is 1. The molecule has 0 amide bonds. The van der Waals surface area contributed by atoms with Crippen LogP contribution in [0.15, 0.2) is 16.7 Å². The molecule has 0 bridgehead atoms. The van der Waals surface area contributed by atoms with E-state index in [1.54, 1.807) is 6.26 Å². The second-order valence-electron chi connectivity index (χ2n) is 1.38. The zero-order valence-electron chi connectivity index (χ0n) is 3.94. The molecule has 0 aromatic carbocycles. The van der Waals surface area contributed by atoms with Crippen molar-refractivity contribution >= 4 is 22.6 Å². The fraction of sp³-hybridized carbons (Fsp3) is 0.200. The maximum Gasteiger partial charge on any atom is 0.104 e. The van der Waals surface area contributed by atoms with Gasteiger partial charge in [0.15, 0.2) is 0 Å². The van der Waals surface area contributed by atoms with Gasteiger partial charge in [-0.25, -0.2) is 0 Å². The summed E-state index contributed by atoms with van der Waals surface area (Å²) in [6, 6.07) is 1.99. The molecule has 0 spiro atoms. The number of rotatable bonds is 0. The summed E-state index contributed by atoms with van der Waals surface area (Å²) in [5.74, 6) is 0.976. The molecule has 1 aromatic rings. The van der Waals surface area contributed by atoms with E-state index in [0.29, 0.717) is 0 Å². The summed E-state index contributed by atoms with van der Waals surface area (Å²) in [5.41, 5.74) is 0. The number of hydrogen-bond donors (Lipinski definition) is 0. The van der Waals surface area contributed by atoms with Gasteiger partial charge in [-0.05, 0) is 35.6 Å². The zero-order chi connectivity index (χ0) is 5.28. The third kappa shape index (κ3) is 1.19. The molecule has 7 heavy (non-hydrogen) atoms. The van der Waals surface area contributed by atoms with E-state index in [2.05, 4.69) is 22.6 Å². The Morgan fingerprint density at radius 2 is 2.43 bits per heavy atom. The van der Waals surface area contributed by atoms with Crippen LogP contribution in [-0.2, 0) is 0 Å². The molecular formula is C5H5IO. The van der Waals surface area contributed by atoms with Crippen molar-refractivity contribution in [2.24, 2.45) is 0 Å². The molecule has 0 radical (unpaired) electrons. The molecule has 0 atom stereocenters. The minimum atomic E-state index is 0.976. The Kier molecular flexibility index (Phi) is 1.37. The van der Waals surface area contributed by atoms with Crippen LogP contribution in [0.5, 0.6) is 0 Å². The number of furan rings is 1. The summed E-state index contributed by atoms with van der Waals surface area (Å²) in [5, 5.41) is 0. The van der Waals surface area contributed by atoms with Crippen LogP contribution in [0, 0.1) is 10.5 Å². The molecule has 0 aliphatic carbocycles. The van der Waals surface area contributed by atoms with Gasteiger partial charge in [-0.3, -0.25) is 0 Å². The van der Waals surface area contributed by atoms with E-state index in [4.69, 9.17) is 4.42 Å². The molecule has 0 unspecified atom stereocenters. The van der Waals surface area contributed by atoms with Crippen molar-refractivity contribution in [3.8, 4) is 0 Å². The Balaban J connectivity index is 3.04. The fourth-order valence-corrected chi connectivity index (χ4v) is 0.977. The highest BCUT2D eigenvalue weighted by atomic mass is 127. The summed E-state index contributed by atoms with van der Waals surface area (Å²) in [6.07, 6.45) is 1.73. The molecule has 0 aliphatic heterocycles. The monoisotopic (exact) mass is 208 g/mol. The predicted octanol–water partition coefficient (Wildman–Crippen LogP) is 2.19. The molecule has 0 fully saturated rings. The minimum absolute atomic E-state index is 0.976. The van der Waals surface area contributed by atoms with Gasteiger partial charge >= 0.3 is 0 Å². The van der Waals surface area contributed by atoms with Crippen LogP contribution >= 0.6 is 22.6 Å². The first-order valence-corrected chi connectivity index (χ1v) is 3.07. The second kappa shape index (κ2) is 1.86. The highest BCUT2D eigenvalue weighted by molar-refractivity contribution is 14.1. The van der Waals surface area contributed by atoms with Crippen LogP contribution in [0.1, 0.15) is 5.76 Å². The zero-order valence-corrected chi connectivity index (χ0v) is 6.10. The maximum atomic E-state index is 4.96. The van der Waals surface area contributed by atoms with E-state index in [9.17, 15) is 0 Å². The molecule has 1 rings (SSSR count). The van der Waals surface area contributed by atoms with Gasteiger partial charge in [-0.2, -0.15) is 0 Å². The third-order valence-corrected chi connectivity index (χ3v) is 1.26. The minimum Gasteiger partial charge on any atom is -0.469 e. The molecule has 1 heterocycles. The smallest absolute Gasteiger partial charge is 0.104 e. The van der Waals surface area contributed by atoms with Crippen LogP contribution in [0.3, 0.4) is 0 Å². The van der Waals surface area contributed by atoms with Gasteiger partial charge in [-0.1, -0.05) is 0 Å². The Morgan fingerprint density at radius 3 is 2.57 bits per heavy atom. The maximum absolute atomic E-state index is 4.96. The van der Waals surface area contributed by atoms with E-state index < -0.39 is 0 Å². The third-order valence-electron chi connectivity index (χ3n) is 0.699. The standard InChI is InChI=1S/C5H5IO/c1-4-2-5(6)3-7-4/h2-3H,1H3. The molecule has 0 aliphatic rings. The van der Waals surface area contributed by atoms with Gasteiger partial charge in [0.05, 0.1) is 3.57 Å². The lowest BCUT2D eigenvalue weighted by Gasteiger charge is -1.69. The summed E-state index contributed by atoms with van der Waals surface area (Å²) >= 11 is 2.21. The van der Waals surface area contributed by atoms with Gasteiger partial charge in [0, 0.05) is 0 Å². The van der Waals surface area contributed by atoms with E-state index >= 15 is 0 Å². The lowest BCUT2D eigenvalue weighted by Crippen LogP contribution is -1.52. The van der Waals surface area contributed by atoms with E-state index in [1.807, 2.05) is 13.0 Å². The molecular weight excluding hydrogens is 203 g/mol. The molecule has 0 saturated carbocycles. The van der Waals surface area contributed by atoms with Crippen LogP contribution in [-0.4, -0.2) is 0 Å². The average molecular weight is 208 g/mol. The normalized spacial score (nSPS) is 9.43. The first-order chi connectivity index (χ1) is 3.29. The van der Waals surface area contributed by atoms with Crippen LogP contribution in [0.4, 0.5) is 0 Å². The number of aryl methyl sites for hydroxylation is 1.